The van der Waals surface area contributed by atoms with Crippen molar-refractivity contribution >= 4 is 5.91 Å². The Balaban J connectivity index is 1.58. The molecule has 0 aromatic rings. The third kappa shape index (κ3) is 52.5. The Labute approximate surface area is 615 Å². The third-order valence-electron chi connectivity index (χ3n) is 21.6. The number of nitrogens with one attached hydrogen (secondary N) is 1. The van der Waals surface area contributed by atoms with Crippen molar-refractivity contribution in [2.75, 3.05) is 19.8 Å². The summed E-state index contributed by atoms with van der Waals surface area (Å²) in [6.45, 7) is 2.87. The van der Waals surface area contributed by atoms with E-state index in [1.54, 1.807) is 6.08 Å². The summed E-state index contributed by atoms with van der Waals surface area (Å²) >= 11 is 0. The van der Waals surface area contributed by atoms with E-state index in [-0.39, 0.29) is 18.9 Å². The van der Waals surface area contributed by atoms with Crippen LogP contribution in [0.5, 0.6) is 0 Å². The minimum atomic E-state index is -1.79. The molecule has 0 aromatic carbocycles. The first-order valence-corrected chi connectivity index (χ1v) is 43.6. The molecule has 592 valence electrons. The van der Waals surface area contributed by atoms with Crippen LogP contribution in [-0.2, 0) is 23.7 Å². The minimum absolute atomic E-state index is 0.239. The summed E-state index contributed by atoms with van der Waals surface area (Å²) in [5.41, 5.74) is 0. The molecule has 1 amide bonds. The number of rotatable bonds is 75. The first kappa shape index (κ1) is 94.6. The van der Waals surface area contributed by atoms with Gasteiger partial charge in [-0.3, -0.25) is 4.79 Å². The molecule has 2 fully saturated rings. The monoisotopic (exact) mass is 1420 g/mol. The zero-order valence-electron chi connectivity index (χ0n) is 65.2. The van der Waals surface area contributed by atoms with Gasteiger partial charge >= 0.3 is 0 Å². The van der Waals surface area contributed by atoms with Gasteiger partial charge in [0, 0.05) is 6.42 Å². The Morgan fingerprint density at radius 3 is 0.980 bits per heavy atom. The summed E-state index contributed by atoms with van der Waals surface area (Å²) < 4.78 is 22.9. The van der Waals surface area contributed by atoms with Crippen molar-refractivity contribution in [3.05, 3.63) is 24.3 Å². The summed E-state index contributed by atoms with van der Waals surface area (Å²) in [4.78, 5) is 13.4. The summed E-state index contributed by atoms with van der Waals surface area (Å²) in [5, 5.41) is 87.8. The number of aliphatic hydroxyl groups excluding tert-OH is 8. The zero-order valence-corrected chi connectivity index (χ0v) is 65.2. The SMILES string of the molecule is CCCCCCCCCCCCCCCCCCCCCCCCCC/C=C/CC/C=C/C(O)C(COC1OC(CO)C(OC2OC(CO)C(O)C(O)C2O)C(O)C1O)NC(=O)CCCCCCCCCCCCCCCCCCCCCCCCCCCCCCCCCCCCCC. The number of unbranched alkanes of at least 4 members (excludes halogenated alkanes) is 60. The van der Waals surface area contributed by atoms with E-state index in [1.807, 2.05) is 6.08 Å². The Kier molecular flexibility index (Phi) is 66.6. The molecule has 0 aliphatic carbocycles. The van der Waals surface area contributed by atoms with Crippen LogP contribution < -0.4 is 5.32 Å². The smallest absolute Gasteiger partial charge is 0.220 e. The summed E-state index contributed by atoms with van der Waals surface area (Å²) in [6.07, 6.45) is 75.9. The van der Waals surface area contributed by atoms with Crippen LogP contribution in [0.3, 0.4) is 0 Å². The lowest BCUT2D eigenvalue weighted by Gasteiger charge is -2.46. The van der Waals surface area contributed by atoms with E-state index >= 15 is 0 Å². The Morgan fingerprint density at radius 1 is 0.350 bits per heavy atom. The molecule has 2 heterocycles. The van der Waals surface area contributed by atoms with Crippen LogP contribution >= 0.6 is 0 Å². The molecule has 9 N–H and O–H groups in total. The standard InChI is InChI=1S/C86H165NO13/c1-3-5-7-9-11-13-15-17-19-21-23-25-27-29-31-33-35-36-37-38-39-40-42-44-46-48-50-52-54-56-58-60-62-64-66-68-70-78(91)87-74(73-97-85-83(96)81(94)84(77(72-89)99-85)100-86-82(95)80(93)79(92)76(71-88)98-86)75(90)69-67-65-63-61-59-57-55-53-51-49-47-45-43-41-34-32-30-28-26-24-22-20-18-16-14-12-10-8-6-4-2/h59,61,67,69,74-77,79-86,88-90,92-96H,3-58,60,62-66,68,70-73H2,1-2H3,(H,87,91)/b61-59+,69-67+. The van der Waals surface area contributed by atoms with E-state index < -0.39 is 86.8 Å². The molecule has 2 rings (SSSR count). The van der Waals surface area contributed by atoms with E-state index in [2.05, 4.69) is 31.3 Å². The molecule has 0 bridgehead atoms. The molecule has 2 saturated heterocycles. The van der Waals surface area contributed by atoms with Crippen LogP contribution in [0.15, 0.2) is 24.3 Å². The maximum atomic E-state index is 13.4. The van der Waals surface area contributed by atoms with Crippen molar-refractivity contribution in [2.45, 2.75) is 498 Å². The van der Waals surface area contributed by atoms with Gasteiger partial charge in [0.05, 0.1) is 32.0 Å². The number of hydrogen-bond acceptors (Lipinski definition) is 13. The molecule has 2 aliphatic rings. The predicted molar refractivity (Wildman–Crippen MR) is 415 cm³/mol. The first-order valence-electron chi connectivity index (χ1n) is 43.6. The molecule has 0 saturated carbocycles. The largest absolute Gasteiger partial charge is 0.394 e. The molecular formula is C86H165NO13. The highest BCUT2D eigenvalue weighted by Crippen LogP contribution is 2.31. The van der Waals surface area contributed by atoms with Crippen LogP contribution in [0.1, 0.15) is 425 Å². The van der Waals surface area contributed by atoms with Crippen LogP contribution in [0.4, 0.5) is 0 Å². The lowest BCUT2D eigenvalue weighted by molar-refractivity contribution is -0.359. The van der Waals surface area contributed by atoms with E-state index in [1.165, 1.54) is 360 Å². The van der Waals surface area contributed by atoms with Gasteiger partial charge in [-0.1, -0.05) is 411 Å². The van der Waals surface area contributed by atoms with Gasteiger partial charge in [0.1, 0.15) is 48.8 Å². The number of carbonyl (C=O) groups is 1. The number of allylic oxidation sites excluding steroid dienone is 3. The van der Waals surface area contributed by atoms with Crippen LogP contribution in [-0.4, -0.2) is 140 Å². The molecule has 0 radical (unpaired) electrons. The average molecular weight is 1420 g/mol. The van der Waals surface area contributed by atoms with E-state index in [4.69, 9.17) is 18.9 Å². The topological polar surface area (TPSA) is 228 Å². The number of amides is 1. The number of carbonyl (C=O) groups excluding carboxylic acids is 1. The second-order valence-corrected chi connectivity index (χ2v) is 31.0. The van der Waals surface area contributed by atoms with Gasteiger partial charge in [-0.2, -0.15) is 0 Å². The molecule has 100 heavy (non-hydrogen) atoms. The Bertz CT molecular complexity index is 1770. The van der Waals surface area contributed by atoms with Crippen LogP contribution in [0.25, 0.3) is 0 Å². The van der Waals surface area contributed by atoms with E-state index in [9.17, 15) is 45.6 Å². The lowest BCUT2D eigenvalue weighted by atomic mass is 9.97. The maximum absolute atomic E-state index is 13.4. The maximum Gasteiger partial charge on any atom is 0.220 e. The molecule has 0 spiro atoms. The molecule has 0 aromatic heterocycles. The summed E-state index contributed by atoms with van der Waals surface area (Å²) in [5.74, 6) is -0.239. The van der Waals surface area contributed by atoms with Gasteiger partial charge in [0.2, 0.25) is 5.91 Å². The number of ether oxygens (including phenoxy) is 4. The highest BCUT2D eigenvalue weighted by Gasteiger charge is 2.51. The Hall–Kier alpha value is -1.53. The quantitative estimate of drug-likeness (QED) is 0.0204. The number of hydrogen-bond donors (Lipinski definition) is 9. The van der Waals surface area contributed by atoms with Gasteiger partial charge in [-0.05, 0) is 32.1 Å². The van der Waals surface area contributed by atoms with Crippen LogP contribution in [0.2, 0.25) is 0 Å². The lowest BCUT2D eigenvalue weighted by Crippen LogP contribution is -2.65. The molecular weight excluding hydrogens is 1250 g/mol. The zero-order chi connectivity index (χ0) is 72.2. The predicted octanol–water partition coefficient (Wildman–Crippen LogP) is 20.6. The summed E-state index contributed by atoms with van der Waals surface area (Å²) in [6, 6.07) is -0.931. The second kappa shape index (κ2) is 70.5. The fourth-order valence-corrected chi connectivity index (χ4v) is 14.8. The van der Waals surface area contributed by atoms with Gasteiger partial charge < -0.3 is 65.1 Å². The van der Waals surface area contributed by atoms with Crippen LogP contribution in [0, 0.1) is 0 Å². The van der Waals surface area contributed by atoms with Gasteiger partial charge in [0.25, 0.3) is 0 Å². The molecule has 14 nitrogen and oxygen atoms in total. The van der Waals surface area contributed by atoms with Gasteiger partial charge in [-0.15, -0.1) is 0 Å². The van der Waals surface area contributed by atoms with Gasteiger partial charge in [-0.25, -0.2) is 0 Å². The van der Waals surface area contributed by atoms with E-state index in [0.29, 0.717) is 12.8 Å². The van der Waals surface area contributed by atoms with E-state index in [0.717, 1.165) is 32.1 Å². The highest BCUT2D eigenvalue weighted by atomic mass is 16.7. The summed E-state index contributed by atoms with van der Waals surface area (Å²) in [7, 11) is 0. The van der Waals surface area contributed by atoms with Crippen molar-refractivity contribution in [3.8, 4) is 0 Å². The molecule has 2 aliphatic heterocycles. The van der Waals surface area contributed by atoms with Crippen molar-refractivity contribution < 1.29 is 64.6 Å². The van der Waals surface area contributed by atoms with Crippen molar-refractivity contribution in [2.24, 2.45) is 0 Å². The van der Waals surface area contributed by atoms with Gasteiger partial charge in [0.15, 0.2) is 12.6 Å². The first-order chi connectivity index (χ1) is 49.1. The number of aliphatic hydroxyl groups is 8. The van der Waals surface area contributed by atoms with Crippen molar-refractivity contribution in [3.63, 3.8) is 0 Å². The minimum Gasteiger partial charge on any atom is -0.394 e. The fraction of sp³-hybridized carbons (Fsp3) is 0.942. The highest BCUT2D eigenvalue weighted by molar-refractivity contribution is 5.76. The van der Waals surface area contributed by atoms with Crippen molar-refractivity contribution in [1.82, 2.24) is 5.32 Å². The molecule has 14 heteroatoms. The third-order valence-corrected chi connectivity index (χ3v) is 21.6. The van der Waals surface area contributed by atoms with Crippen molar-refractivity contribution in [1.29, 1.82) is 0 Å². The fourth-order valence-electron chi connectivity index (χ4n) is 14.8. The molecule has 12 atom stereocenters. The Morgan fingerprint density at radius 2 is 0.640 bits per heavy atom. The average Bonchev–Trinajstić information content (AvgIpc) is 0.791. The molecule has 12 unspecified atom stereocenters. The normalized spacial score (nSPS) is 21.9. The second-order valence-electron chi connectivity index (χ2n) is 31.0.